The van der Waals surface area contributed by atoms with Crippen LogP contribution < -0.4 is 24.9 Å². The highest BCUT2D eigenvalue weighted by Crippen LogP contribution is 2.33. The third kappa shape index (κ3) is 5.36. The number of hydrogen-bond acceptors (Lipinski definition) is 8. The Hall–Kier alpha value is -5.55. The summed E-state index contributed by atoms with van der Waals surface area (Å²) in [6.07, 6.45) is 1.61. The third-order valence-electron chi connectivity index (χ3n) is 7.30. The molecule has 0 radical (unpaired) electrons. The predicted octanol–water partition coefficient (Wildman–Crippen LogP) is 5.36. The summed E-state index contributed by atoms with van der Waals surface area (Å²) in [4.78, 5) is 43.8. The first-order valence-electron chi connectivity index (χ1n) is 13.6. The number of nitrogens with one attached hydrogen (secondary N) is 1. The van der Waals surface area contributed by atoms with Crippen LogP contribution in [0.1, 0.15) is 29.9 Å². The molecule has 10 nitrogen and oxygen atoms in total. The maximum Gasteiger partial charge on any atom is 0.273 e. The molecule has 1 amide bonds. The van der Waals surface area contributed by atoms with Crippen molar-refractivity contribution >= 4 is 34.7 Å². The fourth-order valence-corrected chi connectivity index (χ4v) is 6.16. The number of furan rings is 1. The summed E-state index contributed by atoms with van der Waals surface area (Å²) >= 11 is 1.18. The fraction of sp³-hybridized carbons (Fsp3) is 0.121. The average Bonchev–Trinajstić information content (AvgIpc) is 3.61. The zero-order valence-corrected chi connectivity index (χ0v) is 24.8. The van der Waals surface area contributed by atoms with Crippen molar-refractivity contribution in [3.05, 3.63) is 143 Å². The Morgan fingerprint density at radius 3 is 2.61 bits per heavy atom. The Balaban J connectivity index is 1.44. The molecule has 3 heterocycles. The highest BCUT2D eigenvalue weighted by molar-refractivity contribution is 7.07. The van der Waals surface area contributed by atoms with E-state index in [1.807, 2.05) is 30.3 Å². The highest BCUT2D eigenvalue weighted by atomic mass is 32.1. The highest BCUT2D eigenvalue weighted by Gasteiger charge is 2.33. The number of para-hydroxylation sites is 1. The normalized spacial score (nSPS) is 14.6. The van der Waals surface area contributed by atoms with Gasteiger partial charge < -0.3 is 14.5 Å². The average molecular weight is 607 g/mol. The Morgan fingerprint density at radius 1 is 1.07 bits per heavy atom. The first-order valence-corrected chi connectivity index (χ1v) is 14.4. The number of nitro groups is 1. The van der Waals surface area contributed by atoms with Gasteiger partial charge in [0.25, 0.3) is 17.2 Å². The van der Waals surface area contributed by atoms with Crippen molar-refractivity contribution in [3.63, 3.8) is 0 Å². The number of rotatable bonds is 7. The second-order valence-corrected chi connectivity index (χ2v) is 11.1. The number of fused-ring (bicyclic) bond motifs is 1. The van der Waals surface area contributed by atoms with Gasteiger partial charge in [-0.2, -0.15) is 0 Å². The Kier molecular flexibility index (Phi) is 7.54. The summed E-state index contributed by atoms with van der Waals surface area (Å²) in [5, 5.41) is 14.4. The SMILES string of the molecule is COc1cccc([C@H]2C(C(=O)Nc3ccccc3)=C(C)N=c3s/c(=C\c4ccc(-c5ccc(C)c([N+](=O)[O-])c5)o4)c(=O)n32)c1. The Bertz CT molecular complexity index is 2140. The second-order valence-electron chi connectivity index (χ2n) is 10.1. The molecule has 0 bridgehead atoms. The summed E-state index contributed by atoms with van der Waals surface area (Å²) in [6, 6.07) is 23.8. The van der Waals surface area contributed by atoms with Crippen molar-refractivity contribution in [1.82, 2.24) is 4.57 Å². The second kappa shape index (κ2) is 11.6. The standard InChI is InChI=1S/C33H26N4O6S/c1-19-12-13-21(17-26(19)37(40)41)27-15-14-25(43-27)18-28-32(39)36-30(22-8-7-11-24(16-22)42-3)29(20(2)34-33(36)44-28)31(38)35-23-9-5-4-6-10-23/h4-18,30H,1-3H3,(H,35,38)/b28-18-/t30-/m0/s1. The van der Waals surface area contributed by atoms with E-state index in [1.165, 1.54) is 22.0 Å². The van der Waals surface area contributed by atoms with E-state index < -0.39 is 11.0 Å². The van der Waals surface area contributed by atoms with Gasteiger partial charge in [0.15, 0.2) is 4.80 Å². The third-order valence-corrected chi connectivity index (χ3v) is 8.28. The quantitative estimate of drug-likeness (QED) is 0.196. The molecule has 0 saturated heterocycles. The number of hydrogen-bond donors (Lipinski definition) is 1. The summed E-state index contributed by atoms with van der Waals surface area (Å²) in [6.45, 7) is 3.43. The van der Waals surface area contributed by atoms with Gasteiger partial charge in [0.1, 0.15) is 17.3 Å². The predicted molar refractivity (Wildman–Crippen MR) is 167 cm³/mol. The van der Waals surface area contributed by atoms with E-state index >= 15 is 0 Å². The van der Waals surface area contributed by atoms with Gasteiger partial charge in [-0.3, -0.25) is 24.3 Å². The molecule has 220 valence electrons. The number of methoxy groups -OCH3 is 1. The van der Waals surface area contributed by atoms with Crippen LogP contribution in [0.15, 0.2) is 110 Å². The first kappa shape index (κ1) is 28.6. The number of benzene rings is 3. The lowest BCUT2D eigenvalue weighted by atomic mass is 9.95. The molecule has 0 spiro atoms. The maximum absolute atomic E-state index is 14.0. The molecule has 2 aromatic heterocycles. The summed E-state index contributed by atoms with van der Waals surface area (Å²) in [5.41, 5.74) is 2.87. The molecule has 0 aliphatic carbocycles. The van der Waals surface area contributed by atoms with E-state index in [9.17, 15) is 19.7 Å². The van der Waals surface area contributed by atoms with Crippen molar-refractivity contribution in [1.29, 1.82) is 0 Å². The Labute approximate surface area is 255 Å². The van der Waals surface area contributed by atoms with Gasteiger partial charge in [0, 0.05) is 29.0 Å². The fourth-order valence-electron chi connectivity index (χ4n) is 5.13. The number of aryl methyl sites for hydroxylation is 1. The molecular formula is C33H26N4O6S. The van der Waals surface area contributed by atoms with Gasteiger partial charge >= 0.3 is 0 Å². The minimum Gasteiger partial charge on any atom is -0.497 e. The van der Waals surface area contributed by atoms with Gasteiger partial charge in [-0.05, 0) is 55.8 Å². The van der Waals surface area contributed by atoms with Crippen molar-refractivity contribution in [3.8, 4) is 17.1 Å². The maximum atomic E-state index is 14.0. The molecule has 1 aliphatic heterocycles. The smallest absolute Gasteiger partial charge is 0.273 e. The molecular weight excluding hydrogens is 580 g/mol. The number of ether oxygens (including phenoxy) is 1. The number of thiazole rings is 1. The van der Waals surface area contributed by atoms with Gasteiger partial charge in [-0.25, -0.2) is 4.99 Å². The van der Waals surface area contributed by atoms with E-state index in [-0.39, 0.29) is 17.2 Å². The van der Waals surface area contributed by atoms with E-state index in [0.717, 1.165) is 0 Å². The Morgan fingerprint density at radius 2 is 1.86 bits per heavy atom. The van der Waals surface area contributed by atoms with Crippen molar-refractivity contribution in [2.75, 3.05) is 12.4 Å². The van der Waals surface area contributed by atoms with E-state index in [1.54, 1.807) is 75.6 Å². The van der Waals surface area contributed by atoms with E-state index in [4.69, 9.17) is 9.15 Å². The molecule has 3 aromatic carbocycles. The van der Waals surface area contributed by atoms with Crippen LogP contribution in [-0.4, -0.2) is 22.5 Å². The van der Waals surface area contributed by atoms with Crippen LogP contribution in [0.5, 0.6) is 5.75 Å². The summed E-state index contributed by atoms with van der Waals surface area (Å²) < 4.78 is 13.3. The number of carbonyl (C=O) groups is 1. The molecule has 1 aliphatic rings. The first-order chi connectivity index (χ1) is 21.2. The lowest BCUT2D eigenvalue weighted by molar-refractivity contribution is -0.385. The number of anilines is 1. The molecule has 6 rings (SSSR count). The van der Waals surface area contributed by atoms with Crippen LogP contribution in [-0.2, 0) is 4.79 Å². The number of nitro benzene ring substituents is 1. The van der Waals surface area contributed by atoms with Crippen molar-refractivity contribution in [2.45, 2.75) is 19.9 Å². The molecule has 0 fully saturated rings. The largest absolute Gasteiger partial charge is 0.497 e. The molecule has 5 aromatic rings. The molecule has 0 unspecified atom stereocenters. The van der Waals surface area contributed by atoms with Crippen LogP contribution in [0, 0.1) is 17.0 Å². The molecule has 44 heavy (non-hydrogen) atoms. The van der Waals surface area contributed by atoms with Crippen LogP contribution in [0.3, 0.4) is 0 Å². The topological polar surface area (TPSA) is 129 Å². The molecule has 1 atom stereocenters. The zero-order valence-electron chi connectivity index (χ0n) is 23.9. The van der Waals surface area contributed by atoms with Crippen molar-refractivity contribution in [2.24, 2.45) is 4.99 Å². The minimum atomic E-state index is -0.771. The summed E-state index contributed by atoms with van der Waals surface area (Å²) in [7, 11) is 1.56. The lowest BCUT2D eigenvalue weighted by Crippen LogP contribution is -2.40. The van der Waals surface area contributed by atoms with E-state index in [0.29, 0.717) is 60.3 Å². The minimum absolute atomic E-state index is 0.00576. The lowest BCUT2D eigenvalue weighted by Gasteiger charge is -2.25. The summed E-state index contributed by atoms with van der Waals surface area (Å²) in [5.74, 6) is 1.03. The number of amides is 1. The molecule has 1 N–H and O–H groups in total. The molecule has 11 heteroatoms. The van der Waals surface area contributed by atoms with Crippen LogP contribution in [0.2, 0.25) is 0 Å². The van der Waals surface area contributed by atoms with E-state index in [2.05, 4.69) is 10.3 Å². The number of nitrogens with zero attached hydrogens (tertiary/aromatic N) is 3. The monoisotopic (exact) mass is 606 g/mol. The van der Waals surface area contributed by atoms with Gasteiger partial charge in [-0.15, -0.1) is 0 Å². The number of aromatic nitrogens is 1. The zero-order chi connectivity index (χ0) is 31.0. The molecule has 0 saturated carbocycles. The number of allylic oxidation sites excluding steroid dienone is 1. The van der Waals surface area contributed by atoms with Gasteiger partial charge in [0.05, 0.1) is 33.9 Å². The van der Waals surface area contributed by atoms with Crippen molar-refractivity contribution < 1.29 is 18.9 Å². The van der Waals surface area contributed by atoms with Crippen LogP contribution in [0.4, 0.5) is 11.4 Å². The van der Waals surface area contributed by atoms with Crippen LogP contribution in [0.25, 0.3) is 17.4 Å². The van der Waals surface area contributed by atoms with Crippen LogP contribution >= 0.6 is 11.3 Å². The van der Waals surface area contributed by atoms with Gasteiger partial charge in [0.2, 0.25) is 0 Å². The van der Waals surface area contributed by atoms with Gasteiger partial charge in [-0.1, -0.05) is 53.8 Å². The number of carbonyl (C=O) groups excluding carboxylic acids is 1.